The van der Waals surface area contributed by atoms with E-state index in [2.05, 4.69) is 21.2 Å². The summed E-state index contributed by atoms with van der Waals surface area (Å²) in [7, 11) is 0. The summed E-state index contributed by atoms with van der Waals surface area (Å²) < 4.78 is 18.9. The Labute approximate surface area is 145 Å². The molecule has 1 N–H and O–H groups in total. The summed E-state index contributed by atoms with van der Waals surface area (Å²) in [5.74, 6) is -0.420. The zero-order valence-corrected chi connectivity index (χ0v) is 14.5. The van der Waals surface area contributed by atoms with Crippen LogP contribution in [0.3, 0.4) is 0 Å². The van der Waals surface area contributed by atoms with E-state index >= 15 is 0 Å². The summed E-state index contributed by atoms with van der Waals surface area (Å²) in [4.78, 5) is 12.1. The number of amides is 1. The lowest BCUT2D eigenvalue weighted by molar-refractivity contribution is -0.122. The zero-order valence-electron chi connectivity index (χ0n) is 11.4. The fourth-order valence-corrected chi connectivity index (χ4v) is 2.54. The van der Waals surface area contributed by atoms with E-state index in [1.54, 1.807) is 19.1 Å². The minimum Gasteiger partial charge on any atom is -0.480 e. The molecular weight excluding hydrogens is 396 g/mol. The van der Waals surface area contributed by atoms with Crippen molar-refractivity contribution in [1.29, 1.82) is 0 Å². The van der Waals surface area contributed by atoms with Gasteiger partial charge in [0.25, 0.3) is 5.91 Å². The molecule has 0 aliphatic carbocycles. The lowest BCUT2D eigenvalue weighted by atomic mass is 10.3. The molecule has 0 aliphatic heterocycles. The molecule has 3 nitrogen and oxygen atoms in total. The van der Waals surface area contributed by atoms with Crippen LogP contribution in [0, 0.1) is 5.82 Å². The van der Waals surface area contributed by atoms with Gasteiger partial charge in [0.2, 0.25) is 0 Å². The monoisotopic (exact) mass is 405 g/mol. The van der Waals surface area contributed by atoms with E-state index < -0.39 is 11.9 Å². The Morgan fingerprint density at radius 1 is 1.27 bits per heavy atom. The van der Waals surface area contributed by atoms with Crippen molar-refractivity contribution < 1.29 is 13.9 Å². The maximum absolute atomic E-state index is 13.0. The minimum absolute atomic E-state index is 0.330. The van der Waals surface area contributed by atoms with Crippen molar-refractivity contribution in [2.75, 3.05) is 5.32 Å². The topological polar surface area (TPSA) is 38.3 Å². The fourth-order valence-electron chi connectivity index (χ4n) is 1.64. The molecule has 1 amide bonds. The first-order chi connectivity index (χ1) is 10.4. The number of hydrogen-bond acceptors (Lipinski definition) is 2. The molecule has 0 aliphatic rings. The normalized spacial score (nSPS) is 11.9. The van der Waals surface area contributed by atoms with Crippen LogP contribution in [0.1, 0.15) is 6.92 Å². The summed E-state index contributed by atoms with van der Waals surface area (Å²) in [5.41, 5.74) is 0.435. The van der Waals surface area contributed by atoms with Gasteiger partial charge in [-0.3, -0.25) is 4.79 Å². The molecule has 1 atom stereocenters. The fraction of sp³-hybridized carbons (Fsp3) is 0.133. The average Bonchev–Trinajstić information content (AvgIpc) is 2.44. The van der Waals surface area contributed by atoms with Gasteiger partial charge in [-0.25, -0.2) is 4.39 Å². The zero-order chi connectivity index (χ0) is 16.3. The van der Waals surface area contributed by atoms with Crippen molar-refractivity contribution in [2.45, 2.75) is 13.0 Å². The van der Waals surface area contributed by atoms with Gasteiger partial charge >= 0.3 is 0 Å². The highest BCUT2D eigenvalue weighted by Crippen LogP contribution is 2.28. The lowest BCUT2D eigenvalue weighted by Crippen LogP contribution is -2.30. The van der Waals surface area contributed by atoms with Crippen LogP contribution in [0.5, 0.6) is 5.75 Å². The number of halogens is 4. The molecule has 0 fully saturated rings. The maximum Gasteiger partial charge on any atom is 0.265 e. The predicted octanol–water partition coefficient (Wildman–Crippen LogP) is 5.30. The van der Waals surface area contributed by atoms with Crippen molar-refractivity contribution >= 4 is 50.7 Å². The number of benzene rings is 2. The van der Waals surface area contributed by atoms with E-state index in [1.165, 1.54) is 24.3 Å². The standard InChI is InChI=1S/C15H11BrCl2FNO2/c1-8(22-14-5-3-10(19)7-11(14)16)15(21)20-13-4-2-9(17)6-12(13)18/h2-8H,1H3,(H,20,21). The van der Waals surface area contributed by atoms with Gasteiger partial charge in [-0.05, 0) is 59.3 Å². The number of nitrogens with one attached hydrogen (secondary N) is 1. The summed E-state index contributed by atoms with van der Waals surface area (Å²) in [6.45, 7) is 1.58. The second kappa shape index (κ2) is 7.31. The van der Waals surface area contributed by atoms with Crippen molar-refractivity contribution in [2.24, 2.45) is 0 Å². The first-order valence-corrected chi connectivity index (χ1v) is 7.79. The number of rotatable bonds is 4. The summed E-state index contributed by atoms with van der Waals surface area (Å²) in [6.07, 6.45) is -0.798. The van der Waals surface area contributed by atoms with Crippen LogP contribution < -0.4 is 10.1 Å². The number of ether oxygens (including phenoxy) is 1. The van der Waals surface area contributed by atoms with Crippen LogP contribution in [-0.4, -0.2) is 12.0 Å². The van der Waals surface area contributed by atoms with Gasteiger partial charge in [-0.15, -0.1) is 0 Å². The Bertz CT molecular complexity index is 712. The maximum atomic E-state index is 13.0. The summed E-state index contributed by atoms with van der Waals surface area (Å²) in [5, 5.41) is 3.45. The number of carbonyl (C=O) groups excluding carboxylic acids is 1. The van der Waals surface area contributed by atoms with Crippen molar-refractivity contribution in [3.8, 4) is 5.75 Å². The highest BCUT2D eigenvalue weighted by Gasteiger charge is 2.17. The molecule has 2 rings (SSSR count). The van der Waals surface area contributed by atoms with Crippen LogP contribution in [0.4, 0.5) is 10.1 Å². The molecule has 0 heterocycles. The molecule has 0 aromatic heterocycles. The molecule has 7 heteroatoms. The summed E-state index contributed by atoms with van der Waals surface area (Å²) >= 11 is 15.0. The average molecular weight is 407 g/mol. The third kappa shape index (κ3) is 4.35. The Morgan fingerprint density at radius 3 is 2.64 bits per heavy atom. The van der Waals surface area contributed by atoms with Crippen LogP contribution in [0.25, 0.3) is 0 Å². The van der Waals surface area contributed by atoms with Crippen LogP contribution in [-0.2, 0) is 4.79 Å². The third-order valence-corrected chi connectivity index (χ3v) is 3.92. The molecule has 0 saturated heterocycles. The Balaban J connectivity index is 2.05. The molecule has 116 valence electrons. The Hall–Kier alpha value is -1.30. The second-order valence-corrected chi connectivity index (χ2v) is 6.15. The number of anilines is 1. The van der Waals surface area contributed by atoms with Crippen LogP contribution in [0.2, 0.25) is 10.0 Å². The Kier molecular flexibility index (Phi) is 5.67. The van der Waals surface area contributed by atoms with Crippen molar-refractivity contribution in [1.82, 2.24) is 0 Å². The number of hydrogen-bond donors (Lipinski definition) is 1. The highest BCUT2D eigenvalue weighted by atomic mass is 79.9. The smallest absolute Gasteiger partial charge is 0.265 e. The SMILES string of the molecule is CC(Oc1ccc(F)cc1Br)C(=O)Nc1ccc(Cl)cc1Cl. The quantitative estimate of drug-likeness (QED) is 0.747. The van der Waals surface area contributed by atoms with Gasteiger partial charge in [0, 0.05) is 5.02 Å². The third-order valence-electron chi connectivity index (χ3n) is 2.76. The molecule has 2 aromatic rings. The molecular formula is C15H11BrCl2FNO2. The lowest BCUT2D eigenvalue weighted by Gasteiger charge is -2.16. The number of carbonyl (C=O) groups is 1. The first kappa shape index (κ1) is 17.1. The van der Waals surface area contributed by atoms with Gasteiger partial charge < -0.3 is 10.1 Å². The van der Waals surface area contributed by atoms with Gasteiger partial charge in [0.1, 0.15) is 11.6 Å². The van der Waals surface area contributed by atoms with Crippen molar-refractivity contribution in [3.63, 3.8) is 0 Å². The van der Waals surface area contributed by atoms with Gasteiger partial charge in [-0.2, -0.15) is 0 Å². The molecule has 22 heavy (non-hydrogen) atoms. The Morgan fingerprint density at radius 2 is 2.00 bits per heavy atom. The summed E-state index contributed by atoms with van der Waals surface area (Å²) in [6, 6.07) is 8.70. The molecule has 0 bridgehead atoms. The van der Waals surface area contributed by atoms with Gasteiger partial charge in [-0.1, -0.05) is 23.2 Å². The van der Waals surface area contributed by atoms with Crippen molar-refractivity contribution in [3.05, 3.63) is 56.7 Å². The van der Waals surface area contributed by atoms with E-state index in [0.717, 1.165) is 0 Å². The first-order valence-electron chi connectivity index (χ1n) is 6.24. The van der Waals surface area contributed by atoms with E-state index in [4.69, 9.17) is 27.9 Å². The van der Waals surface area contributed by atoms with E-state index in [9.17, 15) is 9.18 Å². The minimum atomic E-state index is -0.798. The molecule has 1 unspecified atom stereocenters. The molecule has 0 radical (unpaired) electrons. The largest absolute Gasteiger partial charge is 0.480 e. The van der Waals surface area contributed by atoms with Gasteiger partial charge in [0.05, 0.1) is 15.2 Å². The van der Waals surface area contributed by atoms with E-state index in [0.29, 0.717) is 26.0 Å². The molecule has 0 saturated carbocycles. The van der Waals surface area contributed by atoms with Crippen LogP contribution in [0.15, 0.2) is 40.9 Å². The molecule has 2 aromatic carbocycles. The highest BCUT2D eigenvalue weighted by molar-refractivity contribution is 9.10. The molecule has 0 spiro atoms. The second-order valence-electron chi connectivity index (χ2n) is 4.45. The van der Waals surface area contributed by atoms with Gasteiger partial charge in [0.15, 0.2) is 6.10 Å². The van der Waals surface area contributed by atoms with E-state index in [-0.39, 0.29) is 5.91 Å². The van der Waals surface area contributed by atoms with Crippen LogP contribution >= 0.6 is 39.1 Å². The van der Waals surface area contributed by atoms with E-state index in [1.807, 2.05) is 0 Å². The predicted molar refractivity (Wildman–Crippen MR) is 89.3 cm³/mol.